The minimum absolute atomic E-state index is 0.585. The van der Waals surface area contributed by atoms with E-state index in [-0.39, 0.29) is 0 Å². The predicted octanol–water partition coefficient (Wildman–Crippen LogP) is 2.41. The van der Waals surface area contributed by atoms with Crippen LogP contribution in [0.1, 0.15) is 47.5 Å². The lowest BCUT2D eigenvalue weighted by atomic mass is 10.2. The van der Waals surface area contributed by atoms with Crippen molar-refractivity contribution < 1.29 is 0 Å². The average Bonchev–Trinajstić information content (AvgIpc) is 2.35. The van der Waals surface area contributed by atoms with Gasteiger partial charge in [0.2, 0.25) is 0 Å². The van der Waals surface area contributed by atoms with E-state index in [1.807, 2.05) is 7.05 Å². The SMILES string of the molecule is CCCCN(C)C(=NC)NCCN(C(C)C)C(C)C. The third-order valence-electron chi connectivity index (χ3n) is 3.40. The molecule has 0 aromatic heterocycles. The molecule has 0 unspecified atom stereocenters. The van der Waals surface area contributed by atoms with Gasteiger partial charge in [-0.2, -0.15) is 0 Å². The standard InChI is InChI=1S/C15H34N4/c1-8-9-11-18(7)15(16-6)17-10-12-19(13(2)3)14(4)5/h13-14H,8-12H2,1-7H3,(H,16,17). The molecule has 4 nitrogen and oxygen atoms in total. The molecule has 1 N–H and O–H groups in total. The normalized spacial score (nSPS) is 12.6. The third-order valence-corrected chi connectivity index (χ3v) is 3.40. The highest BCUT2D eigenvalue weighted by molar-refractivity contribution is 5.79. The molecule has 0 bridgehead atoms. The molecule has 114 valence electrons. The van der Waals surface area contributed by atoms with Crippen molar-refractivity contribution in [1.29, 1.82) is 0 Å². The Kier molecular flexibility index (Phi) is 9.66. The maximum atomic E-state index is 4.34. The van der Waals surface area contributed by atoms with Crippen molar-refractivity contribution in [3.63, 3.8) is 0 Å². The van der Waals surface area contributed by atoms with Crippen molar-refractivity contribution in [2.75, 3.05) is 33.7 Å². The Morgan fingerprint density at radius 2 is 1.68 bits per heavy atom. The molecule has 19 heavy (non-hydrogen) atoms. The van der Waals surface area contributed by atoms with Crippen LogP contribution in [0.3, 0.4) is 0 Å². The number of aliphatic imine (C=N–C) groups is 1. The fraction of sp³-hybridized carbons (Fsp3) is 0.933. The van der Waals surface area contributed by atoms with E-state index in [0.29, 0.717) is 12.1 Å². The quantitative estimate of drug-likeness (QED) is 0.543. The molecule has 0 aliphatic carbocycles. The lowest BCUT2D eigenvalue weighted by molar-refractivity contribution is 0.178. The lowest BCUT2D eigenvalue weighted by Crippen LogP contribution is -2.45. The predicted molar refractivity (Wildman–Crippen MR) is 85.9 cm³/mol. The summed E-state index contributed by atoms with van der Waals surface area (Å²) in [6.45, 7) is 14.3. The van der Waals surface area contributed by atoms with Crippen LogP contribution in [-0.4, -0.2) is 61.6 Å². The van der Waals surface area contributed by atoms with Crippen LogP contribution >= 0.6 is 0 Å². The van der Waals surface area contributed by atoms with Crippen LogP contribution < -0.4 is 5.32 Å². The molecule has 0 fully saturated rings. The molecule has 0 aromatic carbocycles. The Labute approximate surface area is 120 Å². The first-order valence-electron chi connectivity index (χ1n) is 7.61. The highest BCUT2D eigenvalue weighted by Gasteiger charge is 2.13. The summed E-state index contributed by atoms with van der Waals surface area (Å²) >= 11 is 0. The van der Waals surface area contributed by atoms with E-state index in [1.54, 1.807) is 0 Å². The zero-order valence-corrected chi connectivity index (χ0v) is 14.0. The molecule has 4 heteroatoms. The second-order valence-corrected chi connectivity index (χ2v) is 5.67. The highest BCUT2D eigenvalue weighted by atomic mass is 15.3. The first-order valence-corrected chi connectivity index (χ1v) is 7.61. The van der Waals surface area contributed by atoms with Gasteiger partial charge in [-0.05, 0) is 34.1 Å². The van der Waals surface area contributed by atoms with E-state index >= 15 is 0 Å². The first-order chi connectivity index (χ1) is 8.93. The van der Waals surface area contributed by atoms with Crippen molar-refractivity contribution >= 4 is 5.96 Å². The summed E-state index contributed by atoms with van der Waals surface area (Å²) < 4.78 is 0. The molecule has 0 saturated carbocycles. The Bertz CT molecular complexity index is 241. The van der Waals surface area contributed by atoms with Crippen LogP contribution in [0.15, 0.2) is 4.99 Å². The van der Waals surface area contributed by atoms with Crippen LogP contribution in [-0.2, 0) is 0 Å². The van der Waals surface area contributed by atoms with E-state index in [1.165, 1.54) is 12.8 Å². The van der Waals surface area contributed by atoms with Gasteiger partial charge in [0.05, 0.1) is 0 Å². The summed E-state index contributed by atoms with van der Waals surface area (Å²) in [5, 5.41) is 3.45. The molecular weight excluding hydrogens is 236 g/mol. The number of hydrogen-bond donors (Lipinski definition) is 1. The first kappa shape index (κ1) is 18.2. The van der Waals surface area contributed by atoms with Gasteiger partial charge in [-0.15, -0.1) is 0 Å². The van der Waals surface area contributed by atoms with Gasteiger partial charge in [-0.25, -0.2) is 0 Å². The van der Waals surface area contributed by atoms with Gasteiger partial charge in [0.15, 0.2) is 5.96 Å². The van der Waals surface area contributed by atoms with Gasteiger partial charge in [-0.1, -0.05) is 13.3 Å². The van der Waals surface area contributed by atoms with Crippen molar-refractivity contribution in [3.05, 3.63) is 0 Å². The summed E-state index contributed by atoms with van der Waals surface area (Å²) in [7, 11) is 3.96. The number of hydrogen-bond acceptors (Lipinski definition) is 2. The topological polar surface area (TPSA) is 30.9 Å². The van der Waals surface area contributed by atoms with Crippen molar-refractivity contribution in [3.8, 4) is 0 Å². The highest BCUT2D eigenvalue weighted by Crippen LogP contribution is 2.03. The lowest BCUT2D eigenvalue weighted by Gasteiger charge is -2.31. The number of nitrogens with zero attached hydrogens (tertiary/aromatic N) is 3. The largest absolute Gasteiger partial charge is 0.355 e. The number of rotatable bonds is 8. The molecule has 0 atom stereocenters. The van der Waals surface area contributed by atoms with Gasteiger partial charge in [-0.3, -0.25) is 9.89 Å². The Morgan fingerprint density at radius 3 is 2.11 bits per heavy atom. The summed E-state index contributed by atoms with van der Waals surface area (Å²) in [6.07, 6.45) is 2.43. The molecule has 0 heterocycles. The Morgan fingerprint density at radius 1 is 1.11 bits per heavy atom. The monoisotopic (exact) mass is 270 g/mol. The van der Waals surface area contributed by atoms with Crippen LogP contribution in [0.2, 0.25) is 0 Å². The van der Waals surface area contributed by atoms with Gasteiger partial charge in [0.25, 0.3) is 0 Å². The number of nitrogens with one attached hydrogen (secondary N) is 1. The molecule has 0 amide bonds. The average molecular weight is 270 g/mol. The van der Waals surface area contributed by atoms with E-state index in [4.69, 9.17) is 0 Å². The van der Waals surface area contributed by atoms with E-state index < -0.39 is 0 Å². The van der Waals surface area contributed by atoms with Crippen molar-refractivity contribution in [1.82, 2.24) is 15.1 Å². The van der Waals surface area contributed by atoms with Crippen LogP contribution in [0, 0.1) is 0 Å². The molecule has 0 aliphatic rings. The van der Waals surface area contributed by atoms with Gasteiger partial charge >= 0.3 is 0 Å². The van der Waals surface area contributed by atoms with E-state index in [2.05, 4.69) is 61.8 Å². The molecule has 0 aliphatic heterocycles. The molecule has 0 saturated heterocycles. The molecule has 0 rings (SSSR count). The maximum Gasteiger partial charge on any atom is 0.193 e. The number of guanidine groups is 1. The fourth-order valence-corrected chi connectivity index (χ4v) is 2.30. The summed E-state index contributed by atoms with van der Waals surface area (Å²) in [5.41, 5.74) is 0. The zero-order valence-electron chi connectivity index (χ0n) is 14.0. The minimum atomic E-state index is 0.585. The second-order valence-electron chi connectivity index (χ2n) is 5.67. The molecule has 0 aromatic rings. The Balaban J connectivity index is 4.14. The minimum Gasteiger partial charge on any atom is -0.355 e. The Hall–Kier alpha value is -0.770. The number of unbranched alkanes of at least 4 members (excludes halogenated alkanes) is 1. The summed E-state index contributed by atoms with van der Waals surface area (Å²) in [5.74, 6) is 1.00. The van der Waals surface area contributed by atoms with Gasteiger partial charge in [0.1, 0.15) is 0 Å². The van der Waals surface area contributed by atoms with E-state index in [9.17, 15) is 0 Å². The van der Waals surface area contributed by atoms with E-state index in [0.717, 1.165) is 25.6 Å². The second kappa shape index (κ2) is 10.1. The fourth-order valence-electron chi connectivity index (χ4n) is 2.30. The summed E-state index contributed by atoms with van der Waals surface area (Å²) in [6, 6.07) is 1.17. The molecule has 0 radical (unpaired) electrons. The van der Waals surface area contributed by atoms with Gasteiger partial charge < -0.3 is 10.2 Å². The van der Waals surface area contributed by atoms with Gasteiger partial charge in [0, 0.05) is 45.8 Å². The zero-order chi connectivity index (χ0) is 14.8. The smallest absolute Gasteiger partial charge is 0.193 e. The van der Waals surface area contributed by atoms with Crippen LogP contribution in [0.25, 0.3) is 0 Å². The van der Waals surface area contributed by atoms with Crippen molar-refractivity contribution in [2.45, 2.75) is 59.5 Å². The third kappa shape index (κ3) is 7.41. The molecular formula is C15H34N4. The maximum absolute atomic E-state index is 4.34. The van der Waals surface area contributed by atoms with Crippen molar-refractivity contribution in [2.24, 2.45) is 4.99 Å². The molecule has 0 spiro atoms. The summed E-state index contributed by atoms with van der Waals surface area (Å²) in [4.78, 5) is 9.04. The van der Waals surface area contributed by atoms with Crippen LogP contribution in [0.4, 0.5) is 0 Å². The van der Waals surface area contributed by atoms with Crippen LogP contribution in [0.5, 0.6) is 0 Å².